The molecule has 0 aliphatic carbocycles. The zero-order valence-electron chi connectivity index (χ0n) is 18.5. The Morgan fingerprint density at radius 2 is 1.81 bits per heavy atom. The number of esters is 1. The van der Waals surface area contributed by atoms with Crippen molar-refractivity contribution in [1.29, 1.82) is 0 Å². The Hall–Kier alpha value is -3.13. The van der Waals surface area contributed by atoms with Crippen LogP contribution in [0.25, 0.3) is 5.69 Å². The van der Waals surface area contributed by atoms with Crippen molar-refractivity contribution in [3.63, 3.8) is 0 Å². The molecule has 1 N–H and O–H groups in total. The van der Waals surface area contributed by atoms with Crippen LogP contribution < -0.4 is 5.32 Å². The number of aromatic nitrogens is 3. The third kappa shape index (κ3) is 6.43. The molecule has 168 valence electrons. The van der Waals surface area contributed by atoms with Crippen LogP contribution in [0.4, 0.5) is 0 Å². The number of hydrogen-bond acceptors (Lipinski definition) is 6. The van der Waals surface area contributed by atoms with Crippen LogP contribution in [0.5, 0.6) is 0 Å². The molecule has 0 spiro atoms. The van der Waals surface area contributed by atoms with Crippen LogP contribution in [0.3, 0.4) is 0 Å². The minimum atomic E-state index is -0.464. The molecule has 0 saturated heterocycles. The van der Waals surface area contributed by atoms with Crippen molar-refractivity contribution in [2.45, 2.75) is 50.9 Å². The first-order valence-corrected chi connectivity index (χ1v) is 11.6. The Balaban J connectivity index is 1.67. The summed E-state index contributed by atoms with van der Waals surface area (Å²) in [6.45, 7) is 5.70. The lowest BCUT2D eigenvalue weighted by Crippen LogP contribution is -2.32. The second kappa shape index (κ2) is 11.5. The molecule has 3 rings (SSSR count). The number of thioether (sulfide) groups is 1. The number of hydrogen-bond donors (Lipinski definition) is 1. The van der Waals surface area contributed by atoms with Gasteiger partial charge in [-0.1, -0.05) is 67.2 Å². The average Bonchev–Trinajstić information content (AvgIpc) is 3.25. The van der Waals surface area contributed by atoms with Crippen molar-refractivity contribution in [1.82, 2.24) is 20.1 Å². The predicted molar refractivity (Wildman–Crippen MR) is 125 cm³/mol. The highest BCUT2D eigenvalue weighted by Gasteiger charge is 2.21. The molecular weight excluding hydrogens is 424 g/mol. The van der Waals surface area contributed by atoms with Gasteiger partial charge in [-0.25, -0.2) is 0 Å². The molecule has 8 heteroatoms. The Bertz CT molecular complexity index is 1040. The average molecular weight is 453 g/mol. The van der Waals surface area contributed by atoms with Crippen molar-refractivity contribution in [3.05, 3.63) is 72.1 Å². The van der Waals surface area contributed by atoms with Gasteiger partial charge < -0.3 is 10.1 Å². The van der Waals surface area contributed by atoms with E-state index in [1.807, 2.05) is 53.1 Å². The summed E-state index contributed by atoms with van der Waals surface area (Å²) >= 11 is 1.30. The Labute approximate surface area is 192 Å². The summed E-state index contributed by atoms with van der Waals surface area (Å²) in [5.74, 6) is -0.396. The van der Waals surface area contributed by atoms with Crippen LogP contribution in [-0.4, -0.2) is 38.5 Å². The van der Waals surface area contributed by atoms with Crippen molar-refractivity contribution in [2.75, 3.05) is 5.75 Å². The molecule has 0 aliphatic rings. The maximum Gasteiger partial charge on any atom is 0.308 e. The van der Waals surface area contributed by atoms with Gasteiger partial charge in [0.05, 0.1) is 30.0 Å². The first-order valence-electron chi connectivity index (χ1n) is 10.6. The van der Waals surface area contributed by atoms with Crippen LogP contribution in [0.2, 0.25) is 0 Å². The number of carbonyl (C=O) groups excluding carboxylic acids is 2. The Morgan fingerprint density at radius 3 is 2.53 bits per heavy atom. The fraction of sp³-hybridized carbons (Fsp3) is 0.333. The fourth-order valence-corrected chi connectivity index (χ4v) is 4.05. The van der Waals surface area contributed by atoms with E-state index in [9.17, 15) is 9.59 Å². The fourth-order valence-electron chi connectivity index (χ4n) is 3.31. The lowest BCUT2D eigenvalue weighted by molar-refractivity contribution is -0.148. The van der Waals surface area contributed by atoms with Crippen molar-refractivity contribution in [2.24, 2.45) is 0 Å². The van der Waals surface area contributed by atoms with Crippen LogP contribution >= 0.6 is 11.8 Å². The number of ether oxygens (including phenoxy) is 1. The van der Waals surface area contributed by atoms with E-state index in [-0.39, 0.29) is 30.2 Å². The molecule has 0 radical (unpaired) electrons. The summed E-state index contributed by atoms with van der Waals surface area (Å²) < 4.78 is 7.17. The molecule has 7 nitrogen and oxygen atoms in total. The third-order valence-electron chi connectivity index (χ3n) is 4.76. The molecule has 0 saturated carbocycles. The van der Waals surface area contributed by atoms with E-state index < -0.39 is 6.04 Å². The molecule has 2 aromatic carbocycles. The maximum absolute atomic E-state index is 12.8. The van der Waals surface area contributed by atoms with Gasteiger partial charge >= 0.3 is 5.97 Å². The zero-order chi connectivity index (χ0) is 22.9. The monoisotopic (exact) mass is 452 g/mol. The van der Waals surface area contributed by atoms with Crippen LogP contribution in [0.15, 0.2) is 66.1 Å². The molecule has 1 amide bonds. The smallest absolute Gasteiger partial charge is 0.308 e. The van der Waals surface area contributed by atoms with Crippen molar-refractivity contribution < 1.29 is 14.3 Å². The number of nitrogens with zero attached hydrogens (tertiary/aromatic N) is 3. The zero-order valence-corrected chi connectivity index (χ0v) is 19.3. The molecular formula is C24H28N4O3S. The van der Waals surface area contributed by atoms with E-state index in [0.717, 1.165) is 17.7 Å². The highest BCUT2D eigenvalue weighted by molar-refractivity contribution is 7.99. The van der Waals surface area contributed by atoms with Gasteiger partial charge in [0.25, 0.3) is 0 Å². The topological polar surface area (TPSA) is 86.1 Å². The molecule has 32 heavy (non-hydrogen) atoms. The van der Waals surface area contributed by atoms with Gasteiger partial charge in [-0.2, -0.15) is 0 Å². The van der Waals surface area contributed by atoms with E-state index in [0.29, 0.717) is 5.16 Å². The maximum atomic E-state index is 12.8. The summed E-state index contributed by atoms with van der Waals surface area (Å²) in [7, 11) is 0. The highest BCUT2D eigenvalue weighted by Crippen LogP contribution is 2.23. The number of aryl methyl sites for hydroxylation is 1. The van der Waals surface area contributed by atoms with Gasteiger partial charge in [0.15, 0.2) is 5.16 Å². The van der Waals surface area contributed by atoms with E-state index in [1.165, 1.54) is 17.3 Å². The van der Waals surface area contributed by atoms with Crippen molar-refractivity contribution >= 4 is 23.6 Å². The lowest BCUT2D eigenvalue weighted by atomic mass is 10.0. The minimum Gasteiger partial charge on any atom is -0.463 e. The number of amides is 1. The summed E-state index contributed by atoms with van der Waals surface area (Å²) in [4.78, 5) is 25.0. The predicted octanol–water partition coefficient (Wildman–Crippen LogP) is 4.12. The molecule has 1 atom stereocenters. The summed E-state index contributed by atoms with van der Waals surface area (Å²) in [6.07, 6.45) is 2.40. The third-order valence-corrected chi connectivity index (χ3v) is 5.70. The SMILES string of the molecule is CCc1ccccc1-n1cnnc1SCC(=O)NC(CC(=O)OC(C)C)c1ccccc1. The number of rotatable bonds is 10. The summed E-state index contributed by atoms with van der Waals surface area (Å²) in [5.41, 5.74) is 3.03. The van der Waals surface area contributed by atoms with Gasteiger partial charge in [-0.3, -0.25) is 14.2 Å². The van der Waals surface area contributed by atoms with Crippen LogP contribution in [-0.2, 0) is 20.7 Å². The van der Waals surface area contributed by atoms with Gasteiger partial charge in [0.2, 0.25) is 5.91 Å². The summed E-state index contributed by atoms with van der Waals surface area (Å²) in [6, 6.07) is 17.0. The Kier molecular flexibility index (Phi) is 8.44. The van der Waals surface area contributed by atoms with Crippen molar-refractivity contribution in [3.8, 4) is 5.69 Å². The number of para-hydroxylation sites is 1. The quantitative estimate of drug-likeness (QED) is 0.368. The van der Waals surface area contributed by atoms with Crippen LogP contribution in [0.1, 0.15) is 44.4 Å². The Morgan fingerprint density at radius 1 is 1.09 bits per heavy atom. The highest BCUT2D eigenvalue weighted by atomic mass is 32.2. The van der Waals surface area contributed by atoms with E-state index in [1.54, 1.807) is 20.2 Å². The van der Waals surface area contributed by atoms with E-state index in [4.69, 9.17) is 4.74 Å². The second-order valence-corrected chi connectivity index (χ2v) is 8.47. The first-order chi connectivity index (χ1) is 15.5. The molecule has 0 fully saturated rings. The first kappa shape index (κ1) is 23.5. The molecule has 1 aromatic heterocycles. The molecule has 1 heterocycles. The van der Waals surface area contributed by atoms with Crippen LogP contribution in [0, 0.1) is 0 Å². The van der Waals surface area contributed by atoms with Gasteiger partial charge in [0.1, 0.15) is 6.33 Å². The molecule has 1 unspecified atom stereocenters. The largest absolute Gasteiger partial charge is 0.463 e. The number of nitrogens with one attached hydrogen (secondary N) is 1. The van der Waals surface area contributed by atoms with E-state index in [2.05, 4.69) is 28.5 Å². The van der Waals surface area contributed by atoms with Gasteiger partial charge in [-0.05, 0) is 37.5 Å². The number of carbonyl (C=O) groups is 2. The van der Waals surface area contributed by atoms with Gasteiger partial charge in [-0.15, -0.1) is 10.2 Å². The second-order valence-electron chi connectivity index (χ2n) is 7.53. The standard InChI is InChI=1S/C24H28N4O3S/c1-4-18-10-8-9-13-21(18)28-16-25-27-24(28)32-15-22(29)26-20(14-23(30)31-17(2)3)19-11-6-5-7-12-19/h5-13,16-17,20H,4,14-15H2,1-3H3,(H,26,29). The number of benzene rings is 2. The molecule has 0 bridgehead atoms. The lowest BCUT2D eigenvalue weighted by Gasteiger charge is -2.19. The molecule has 3 aromatic rings. The summed E-state index contributed by atoms with van der Waals surface area (Å²) in [5, 5.41) is 11.8. The van der Waals surface area contributed by atoms with Gasteiger partial charge in [0, 0.05) is 0 Å². The minimum absolute atomic E-state index is 0.0681. The van der Waals surface area contributed by atoms with E-state index >= 15 is 0 Å². The normalized spacial score (nSPS) is 11.9. The molecule has 0 aliphatic heterocycles.